The molecule has 2 aromatic heterocycles. The zero-order valence-electron chi connectivity index (χ0n) is 8.43. The van der Waals surface area contributed by atoms with E-state index in [2.05, 4.69) is 20.3 Å². The standard InChI is InChI=1S/C8H9N5O3/c1-2-15-8(14)6-11-7(16-13-6)4-3-10-12-5(4)9/h3H,2H2,1H3,(H3,9,10,12). The molecule has 0 fully saturated rings. The molecule has 2 aromatic rings. The highest BCUT2D eigenvalue weighted by molar-refractivity contribution is 5.85. The Labute approximate surface area is 89.8 Å². The molecule has 2 rings (SSSR count). The van der Waals surface area contributed by atoms with Crippen LogP contribution in [0, 0.1) is 0 Å². The molecule has 0 amide bonds. The summed E-state index contributed by atoms with van der Waals surface area (Å²) in [5, 5.41) is 9.68. The summed E-state index contributed by atoms with van der Waals surface area (Å²) in [5.74, 6) is -0.370. The largest absolute Gasteiger partial charge is 0.460 e. The minimum atomic E-state index is -0.639. The van der Waals surface area contributed by atoms with Gasteiger partial charge in [-0.15, -0.1) is 0 Å². The molecule has 16 heavy (non-hydrogen) atoms. The van der Waals surface area contributed by atoms with Crippen LogP contribution in [-0.2, 0) is 4.74 Å². The SMILES string of the molecule is CCOC(=O)c1noc(-c2cn[nH]c2N)n1. The van der Waals surface area contributed by atoms with Crippen LogP contribution >= 0.6 is 0 Å². The first-order valence-corrected chi connectivity index (χ1v) is 4.52. The van der Waals surface area contributed by atoms with Crippen LogP contribution in [0.3, 0.4) is 0 Å². The van der Waals surface area contributed by atoms with Crippen molar-refractivity contribution in [3.8, 4) is 11.5 Å². The molecule has 0 saturated heterocycles. The second-order valence-corrected chi connectivity index (χ2v) is 2.84. The number of hydrogen-bond acceptors (Lipinski definition) is 7. The zero-order valence-corrected chi connectivity index (χ0v) is 8.43. The molecule has 0 atom stereocenters. The quantitative estimate of drug-likeness (QED) is 0.714. The van der Waals surface area contributed by atoms with Gasteiger partial charge in [-0.05, 0) is 12.1 Å². The number of esters is 1. The molecule has 0 bridgehead atoms. The zero-order chi connectivity index (χ0) is 11.5. The Kier molecular flexibility index (Phi) is 2.54. The van der Waals surface area contributed by atoms with E-state index in [0.717, 1.165) is 0 Å². The molecule has 0 aromatic carbocycles. The molecule has 0 aliphatic heterocycles. The Hall–Kier alpha value is -2.38. The van der Waals surface area contributed by atoms with Gasteiger partial charge in [-0.25, -0.2) is 4.79 Å². The first-order chi connectivity index (χ1) is 7.72. The number of ether oxygens (including phenoxy) is 1. The lowest BCUT2D eigenvalue weighted by Gasteiger charge is -1.93. The van der Waals surface area contributed by atoms with E-state index in [0.29, 0.717) is 11.4 Å². The summed E-state index contributed by atoms with van der Waals surface area (Å²) >= 11 is 0. The van der Waals surface area contributed by atoms with Gasteiger partial charge < -0.3 is 15.0 Å². The van der Waals surface area contributed by atoms with E-state index in [4.69, 9.17) is 15.0 Å². The third-order valence-electron chi connectivity index (χ3n) is 1.78. The highest BCUT2D eigenvalue weighted by Gasteiger charge is 2.18. The molecule has 3 N–H and O–H groups in total. The highest BCUT2D eigenvalue weighted by atomic mass is 16.5. The van der Waals surface area contributed by atoms with Crippen molar-refractivity contribution in [2.45, 2.75) is 6.92 Å². The molecular formula is C8H9N5O3. The van der Waals surface area contributed by atoms with E-state index in [1.54, 1.807) is 6.92 Å². The number of nitrogens with one attached hydrogen (secondary N) is 1. The molecule has 84 valence electrons. The van der Waals surface area contributed by atoms with Crippen molar-refractivity contribution in [3.63, 3.8) is 0 Å². The number of aromatic nitrogens is 4. The third-order valence-corrected chi connectivity index (χ3v) is 1.78. The number of nitrogens with two attached hydrogens (primary N) is 1. The number of nitrogens with zero attached hydrogens (tertiary/aromatic N) is 3. The summed E-state index contributed by atoms with van der Waals surface area (Å²) < 4.78 is 9.57. The number of carbonyl (C=O) groups excluding carboxylic acids is 1. The summed E-state index contributed by atoms with van der Waals surface area (Å²) in [6, 6.07) is 0. The Bertz CT molecular complexity index is 503. The van der Waals surface area contributed by atoms with E-state index in [1.165, 1.54) is 6.20 Å². The van der Waals surface area contributed by atoms with Crippen molar-refractivity contribution in [3.05, 3.63) is 12.0 Å². The second-order valence-electron chi connectivity index (χ2n) is 2.84. The minimum Gasteiger partial charge on any atom is -0.460 e. The van der Waals surface area contributed by atoms with Crippen LogP contribution in [0.2, 0.25) is 0 Å². The van der Waals surface area contributed by atoms with E-state index >= 15 is 0 Å². The van der Waals surface area contributed by atoms with Gasteiger partial charge in [0.1, 0.15) is 11.4 Å². The summed E-state index contributed by atoms with van der Waals surface area (Å²) in [6.45, 7) is 1.93. The Morgan fingerprint density at radius 2 is 2.50 bits per heavy atom. The maximum absolute atomic E-state index is 11.3. The van der Waals surface area contributed by atoms with Gasteiger partial charge in [0.15, 0.2) is 0 Å². The maximum Gasteiger partial charge on any atom is 0.379 e. The molecular weight excluding hydrogens is 214 g/mol. The lowest BCUT2D eigenvalue weighted by Crippen LogP contribution is -2.06. The molecule has 8 heteroatoms. The number of aromatic amines is 1. The lowest BCUT2D eigenvalue weighted by molar-refractivity contribution is 0.0508. The van der Waals surface area contributed by atoms with E-state index in [9.17, 15) is 4.79 Å². The molecule has 8 nitrogen and oxygen atoms in total. The summed E-state index contributed by atoms with van der Waals surface area (Å²) in [4.78, 5) is 15.1. The Morgan fingerprint density at radius 3 is 3.12 bits per heavy atom. The summed E-state index contributed by atoms with van der Waals surface area (Å²) in [6.07, 6.45) is 1.43. The minimum absolute atomic E-state index is 0.120. The number of hydrogen-bond donors (Lipinski definition) is 2. The van der Waals surface area contributed by atoms with Crippen molar-refractivity contribution in [1.82, 2.24) is 20.3 Å². The Balaban J connectivity index is 2.26. The number of H-pyrrole nitrogens is 1. The predicted octanol–water partition coefficient (Wildman–Crippen LogP) is 0.219. The van der Waals surface area contributed by atoms with Crippen LogP contribution in [0.4, 0.5) is 5.82 Å². The number of anilines is 1. The molecule has 0 aliphatic rings. The van der Waals surface area contributed by atoms with Crippen LogP contribution in [-0.4, -0.2) is 32.9 Å². The lowest BCUT2D eigenvalue weighted by atomic mass is 10.3. The third kappa shape index (κ3) is 1.72. The van der Waals surface area contributed by atoms with Crippen LogP contribution in [0.25, 0.3) is 11.5 Å². The van der Waals surface area contributed by atoms with Gasteiger partial charge in [-0.3, -0.25) is 5.10 Å². The normalized spacial score (nSPS) is 10.3. The van der Waals surface area contributed by atoms with Gasteiger partial charge in [-0.1, -0.05) is 0 Å². The average Bonchev–Trinajstić information content (AvgIpc) is 2.86. The van der Waals surface area contributed by atoms with Crippen molar-refractivity contribution in [2.75, 3.05) is 12.3 Å². The average molecular weight is 223 g/mol. The molecule has 0 spiro atoms. The molecule has 2 heterocycles. The number of rotatable bonds is 3. The molecule has 0 unspecified atom stereocenters. The van der Waals surface area contributed by atoms with Crippen LogP contribution in [0.1, 0.15) is 17.5 Å². The fraction of sp³-hybridized carbons (Fsp3) is 0.250. The second kappa shape index (κ2) is 4.01. The van der Waals surface area contributed by atoms with Gasteiger partial charge in [0.25, 0.3) is 11.7 Å². The van der Waals surface area contributed by atoms with E-state index < -0.39 is 5.97 Å². The van der Waals surface area contributed by atoms with Crippen molar-refractivity contribution in [1.29, 1.82) is 0 Å². The van der Waals surface area contributed by atoms with Gasteiger partial charge in [0.05, 0.1) is 12.8 Å². The molecule has 0 saturated carbocycles. The van der Waals surface area contributed by atoms with Gasteiger partial charge in [0, 0.05) is 0 Å². The summed E-state index contributed by atoms with van der Waals surface area (Å²) in [7, 11) is 0. The predicted molar refractivity (Wildman–Crippen MR) is 52.2 cm³/mol. The monoisotopic (exact) mass is 223 g/mol. The summed E-state index contributed by atoms with van der Waals surface area (Å²) in [5.41, 5.74) is 6.00. The Morgan fingerprint density at radius 1 is 1.69 bits per heavy atom. The maximum atomic E-state index is 11.3. The van der Waals surface area contributed by atoms with Crippen molar-refractivity contribution >= 4 is 11.8 Å². The van der Waals surface area contributed by atoms with Gasteiger partial charge in [-0.2, -0.15) is 10.1 Å². The molecule has 0 radical (unpaired) electrons. The first kappa shape index (κ1) is 10.1. The highest BCUT2D eigenvalue weighted by Crippen LogP contribution is 2.21. The van der Waals surface area contributed by atoms with Crippen LogP contribution < -0.4 is 5.73 Å². The first-order valence-electron chi connectivity index (χ1n) is 4.52. The fourth-order valence-electron chi connectivity index (χ4n) is 1.08. The van der Waals surface area contributed by atoms with E-state index in [-0.39, 0.29) is 18.3 Å². The molecule has 0 aliphatic carbocycles. The van der Waals surface area contributed by atoms with Gasteiger partial charge >= 0.3 is 5.97 Å². The van der Waals surface area contributed by atoms with E-state index in [1.807, 2.05) is 0 Å². The van der Waals surface area contributed by atoms with Crippen LogP contribution in [0.5, 0.6) is 0 Å². The van der Waals surface area contributed by atoms with Crippen LogP contribution in [0.15, 0.2) is 10.7 Å². The topological polar surface area (TPSA) is 120 Å². The fourth-order valence-corrected chi connectivity index (χ4v) is 1.08. The van der Waals surface area contributed by atoms with Crippen molar-refractivity contribution < 1.29 is 14.1 Å². The number of carbonyl (C=O) groups is 1. The number of nitrogen functional groups attached to an aromatic ring is 1. The van der Waals surface area contributed by atoms with Crippen molar-refractivity contribution in [2.24, 2.45) is 0 Å². The van der Waals surface area contributed by atoms with Gasteiger partial charge in [0.2, 0.25) is 0 Å². The smallest absolute Gasteiger partial charge is 0.379 e.